The third kappa shape index (κ3) is 6.14. The third-order valence-electron chi connectivity index (χ3n) is 4.89. The number of hydrogen-bond donors (Lipinski definition) is 1. The van der Waals surface area contributed by atoms with Crippen LogP contribution in [0.5, 0.6) is 11.5 Å². The van der Waals surface area contributed by atoms with E-state index in [0.717, 1.165) is 29.7 Å². The van der Waals surface area contributed by atoms with E-state index in [1.54, 1.807) is 25.1 Å². The van der Waals surface area contributed by atoms with Gasteiger partial charge in [-0.3, -0.25) is 4.79 Å². The molecule has 0 saturated heterocycles. The molecule has 0 bridgehead atoms. The van der Waals surface area contributed by atoms with Gasteiger partial charge in [-0.05, 0) is 55.5 Å². The maximum atomic E-state index is 12.4. The predicted octanol–water partition coefficient (Wildman–Crippen LogP) is 3.52. The summed E-state index contributed by atoms with van der Waals surface area (Å²) in [7, 11) is 1.46. The monoisotopic (exact) mass is 484 g/mol. The fourth-order valence-corrected chi connectivity index (χ4v) is 4.73. The van der Waals surface area contributed by atoms with Crippen LogP contribution in [0.25, 0.3) is 6.08 Å². The Morgan fingerprint density at radius 2 is 2.03 bits per heavy atom. The molecule has 9 nitrogen and oxygen atoms in total. The molecule has 2 aromatic rings. The van der Waals surface area contributed by atoms with Gasteiger partial charge in [0, 0.05) is 11.0 Å². The van der Waals surface area contributed by atoms with Gasteiger partial charge in [-0.25, -0.2) is 9.59 Å². The van der Waals surface area contributed by atoms with E-state index in [1.165, 1.54) is 30.6 Å². The van der Waals surface area contributed by atoms with Crippen LogP contribution in [0.15, 0.2) is 24.3 Å². The van der Waals surface area contributed by atoms with Crippen molar-refractivity contribution in [1.29, 1.82) is 5.26 Å². The van der Waals surface area contributed by atoms with Gasteiger partial charge in [-0.1, -0.05) is 6.07 Å². The van der Waals surface area contributed by atoms with Crippen LogP contribution >= 0.6 is 11.3 Å². The Morgan fingerprint density at radius 3 is 2.76 bits per heavy atom. The second-order valence-corrected chi connectivity index (χ2v) is 8.23. The van der Waals surface area contributed by atoms with Gasteiger partial charge in [0.1, 0.15) is 11.1 Å². The Balaban J connectivity index is 1.57. The number of nitrogens with zero attached hydrogens (tertiary/aromatic N) is 1. The van der Waals surface area contributed by atoms with Crippen LogP contribution in [0, 0.1) is 11.3 Å². The largest absolute Gasteiger partial charge is 0.493 e. The zero-order chi connectivity index (χ0) is 24.5. The molecule has 0 aliphatic heterocycles. The molecule has 1 aliphatic carbocycles. The minimum atomic E-state index is -0.710. The van der Waals surface area contributed by atoms with E-state index in [0.29, 0.717) is 27.6 Å². The second kappa shape index (κ2) is 11.9. The number of amides is 1. The lowest BCUT2D eigenvalue weighted by atomic mass is 10.1. The lowest BCUT2D eigenvalue weighted by Crippen LogP contribution is -2.21. The molecular formula is C24H24N2O7S. The van der Waals surface area contributed by atoms with Crippen molar-refractivity contribution in [2.24, 2.45) is 0 Å². The Morgan fingerprint density at radius 1 is 1.21 bits per heavy atom. The summed E-state index contributed by atoms with van der Waals surface area (Å²) in [4.78, 5) is 37.9. The van der Waals surface area contributed by atoms with Crippen molar-refractivity contribution in [1.82, 2.24) is 0 Å². The first-order valence-electron chi connectivity index (χ1n) is 10.6. The minimum Gasteiger partial charge on any atom is -0.493 e. The lowest BCUT2D eigenvalue weighted by Gasteiger charge is -2.09. The number of thiophene rings is 1. The van der Waals surface area contributed by atoms with E-state index in [9.17, 15) is 14.4 Å². The molecule has 0 saturated carbocycles. The number of ether oxygens (including phenoxy) is 4. The summed E-state index contributed by atoms with van der Waals surface area (Å²) in [6, 6.07) is 6.81. The smallest absolute Gasteiger partial charge is 0.341 e. The van der Waals surface area contributed by atoms with Gasteiger partial charge in [-0.15, -0.1) is 11.3 Å². The highest BCUT2D eigenvalue weighted by atomic mass is 32.1. The van der Waals surface area contributed by atoms with Gasteiger partial charge in [0.05, 0.1) is 19.3 Å². The van der Waals surface area contributed by atoms with E-state index >= 15 is 0 Å². The molecule has 1 aromatic carbocycles. The van der Waals surface area contributed by atoms with E-state index < -0.39 is 24.5 Å². The molecule has 178 valence electrons. The first-order valence-corrected chi connectivity index (χ1v) is 11.4. The summed E-state index contributed by atoms with van der Waals surface area (Å²) in [5, 5.41) is 11.7. The van der Waals surface area contributed by atoms with Gasteiger partial charge in [0.2, 0.25) is 0 Å². The Labute approximate surface area is 200 Å². The van der Waals surface area contributed by atoms with Crippen LogP contribution in [-0.4, -0.2) is 44.8 Å². The quantitative estimate of drug-likeness (QED) is 0.401. The third-order valence-corrected chi connectivity index (χ3v) is 6.10. The van der Waals surface area contributed by atoms with Crippen molar-refractivity contribution >= 4 is 40.3 Å². The summed E-state index contributed by atoms with van der Waals surface area (Å²) in [5.74, 6) is -0.907. The number of nitrogens with one attached hydrogen (secondary N) is 1. The second-order valence-electron chi connectivity index (χ2n) is 7.13. The molecule has 1 amide bonds. The van der Waals surface area contributed by atoms with Crippen LogP contribution in [0.4, 0.5) is 5.00 Å². The topological polar surface area (TPSA) is 124 Å². The minimum absolute atomic E-state index is 0.116. The maximum Gasteiger partial charge on any atom is 0.341 e. The number of carbonyl (C=O) groups is 3. The average molecular weight is 485 g/mol. The number of hydrogen-bond acceptors (Lipinski definition) is 9. The molecule has 1 aromatic heterocycles. The molecule has 0 atom stereocenters. The van der Waals surface area contributed by atoms with Gasteiger partial charge in [0.25, 0.3) is 5.91 Å². The number of carbonyl (C=O) groups excluding carboxylic acids is 3. The van der Waals surface area contributed by atoms with Crippen LogP contribution in [-0.2, 0) is 31.9 Å². The van der Waals surface area contributed by atoms with Crippen LogP contribution in [0.2, 0.25) is 0 Å². The number of aryl methyl sites for hydroxylation is 1. The molecule has 34 heavy (non-hydrogen) atoms. The lowest BCUT2D eigenvalue weighted by molar-refractivity contribution is -0.142. The molecule has 1 heterocycles. The van der Waals surface area contributed by atoms with Crippen LogP contribution in [0.1, 0.15) is 39.7 Å². The molecule has 1 aliphatic rings. The van der Waals surface area contributed by atoms with Crippen molar-refractivity contribution in [3.8, 4) is 17.6 Å². The highest BCUT2D eigenvalue weighted by molar-refractivity contribution is 7.17. The summed E-state index contributed by atoms with van der Waals surface area (Å²) in [6.45, 7) is 1.35. The standard InChI is InChI=1S/C24H24N2O7S/c1-3-31-24(29)22-16-5-4-6-19(16)34-23(22)26-20(27)14-33-21(28)10-8-15-7-9-17(32-12-11-25)18(13-15)30-2/h7-10,13H,3-6,12,14H2,1-2H3,(H,26,27)/b10-8+. The van der Waals surface area contributed by atoms with Crippen molar-refractivity contribution in [3.63, 3.8) is 0 Å². The van der Waals surface area contributed by atoms with Gasteiger partial charge in [-0.2, -0.15) is 5.26 Å². The molecule has 1 N–H and O–H groups in total. The molecule has 3 rings (SSSR count). The normalized spacial score (nSPS) is 12.0. The summed E-state index contributed by atoms with van der Waals surface area (Å²) in [5.41, 5.74) is 1.96. The number of fused-ring (bicyclic) bond motifs is 1. The Kier molecular flexibility index (Phi) is 8.65. The highest BCUT2D eigenvalue weighted by Crippen LogP contribution is 2.39. The molecule has 0 fully saturated rings. The molecular weight excluding hydrogens is 460 g/mol. The molecule has 0 radical (unpaired) electrons. The Bertz CT molecular complexity index is 1150. The number of benzene rings is 1. The number of esters is 2. The molecule has 0 unspecified atom stereocenters. The highest BCUT2D eigenvalue weighted by Gasteiger charge is 2.28. The number of nitriles is 1. The van der Waals surface area contributed by atoms with Crippen molar-refractivity contribution in [2.75, 3.05) is 32.2 Å². The zero-order valence-electron chi connectivity index (χ0n) is 18.8. The van der Waals surface area contributed by atoms with Crippen LogP contribution < -0.4 is 14.8 Å². The van der Waals surface area contributed by atoms with Gasteiger partial charge in [0.15, 0.2) is 24.7 Å². The summed E-state index contributed by atoms with van der Waals surface area (Å²) >= 11 is 1.36. The fraction of sp³-hybridized carbons (Fsp3) is 0.333. The van der Waals surface area contributed by atoms with Crippen LogP contribution in [0.3, 0.4) is 0 Å². The average Bonchev–Trinajstić information content (AvgIpc) is 3.41. The van der Waals surface area contributed by atoms with E-state index in [2.05, 4.69) is 5.32 Å². The van der Waals surface area contributed by atoms with E-state index in [-0.39, 0.29) is 13.2 Å². The van der Waals surface area contributed by atoms with Crippen molar-refractivity contribution in [2.45, 2.75) is 26.2 Å². The first kappa shape index (κ1) is 24.8. The predicted molar refractivity (Wildman–Crippen MR) is 125 cm³/mol. The maximum absolute atomic E-state index is 12.4. The van der Waals surface area contributed by atoms with E-state index in [4.69, 9.17) is 24.2 Å². The SMILES string of the molecule is CCOC(=O)c1c(NC(=O)COC(=O)/C=C/c2ccc(OCC#N)c(OC)c2)sc2c1CCC2. The number of rotatable bonds is 10. The first-order chi connectivity index (χ1) is 16.5. The van der Waals surface area contributed by atoms with Gasteiger partial charge < -0.3 is 24.3 Å². The summed E-state index contributed by atoms with van der Waals surface area (Å²) in [6.07, 6.45) is 5.28. The number of anilines is 1. The fourth-order valence-electron chi connectivity index (χ4n) is 3.44. The summed E-state index contributed by atoms with van der Waals surface area (Å²) < 4.78 is 20.6. The Hall–Kier alpha value is -3.84. The van der Waals surface area contributed by atoms with Crippen molar-refractivity contribution in [3.05, 3.63) is 45.8 Å². The van der Waals surface area contributed by atoms with Crippen molar-refractivity contribution < 1.29 is 33.3 Å². The molecule has 0 spiro atoms. The van der Waals surface area contributed by atoms with E-state index in [1.807, 2.05) is 6.07 Å². The van der Waals surface area contributed by atoms with Gasteiger partial charge >= 0.3 is 11.9 Å². The number of methoxy groups -OCH3 is 1. The zero-order valence-corrected chi connectivity index (χ0v) is 19.7. The molecule has 10 heteroatoms.